The van der Waals surface area contributed by atoms with Crippen LogP contribution in [0.5, 0.6) is 11.5 Å². The molecular formula is C35H26N4O11S2. The fourth-order valence-corrected chi connectivity index (χ4v) is 6.34. The van der Waals surface area contributed by atoms with Gasteiger partial charge in [-0.2, -0.15) is 16.8 Å². The number of hydrogen-bond acceptors (Lipinski definition) is 9. The minimum atomic E-state index is -4.63. The molecule has 0 saturated carbocycles. The topological polar surface area (TPSA) is 249 Å². The maximum atomic E-state index is 13.0. The van der Waals surface area contributed by atoms with Crippen LogP contribution in [-0.2, 0) is 20.2 Å². The molecule has 0 saturated heterocycles. The lowest BCUT2D eigenvalue weighted by molar-refractivity contribution is 0.101. The van der Waals surface area contributed by atoms with Crippen molar-refractivity contribution in [3.63, 3.8) is 0 Å². The maximum Gasteiger partial charge on any atom is 0.323 e. The summed E-state index contributed by atoms with van der Waals surface area (Å²) < 4.78 is 65.4. The van der Waals surface area contributed by atoms with Crippen molar-refractivity contribution in [2.45, 2.75) is 9.79 Å². The summed E-state index contributed by atoms with van der Waals surface area (Å²) >= 11 is 0. The fourth-order valence-electron chi connectivity index (χ4n) is 5.29. The van der Waals surface area contributed by atoms with Gasteiger partial charge in [0.1, 0.15) is 11.5 Å². The molecule has 0 aromatic heterocycles. The number of carbonyl (C=O) groups excluding carboxylic acids is 3. The smallest absolute Gasteiger partial charge is 0.323 e. The zero-order chi connectivity index (χ0) is 37.4. The fraction of sp³-hybridized carbons (Fsp3) is 0. The summed E-state index contributed by atoms with van der Waals surface area (Å²) in [7, 11) is -9.26. The van der Waals surface area contributed by atoms with E-state index in [9.17, 15) is 50.5 Å². The van der Waals surface area contributed by atoms with Crippen LogP contribution >= 0.6 is 0 Å². The van der Waals surface area contributed by atoms with Gasteiger partial charge in [0.2, 0.25) is 0 Å². The molecular weight excluding hydrogens is 717 g/mol. The Balaban J connectivity index is 1.08. The zero-order valence-electron chi connectivity index (χ0n) is 26.4. The summed E-state index contributed by atoms with van der Waals surface area (Å²) in [6.07, 6.45) is 0. The molecule has 0 heterocycles. The molecule has 17 heteroatoms. The first kappa shape index (κ1) is 35.3. The number of amides is 4. The third-order valence-corrected chi connectivity index (χ3v) is 9.46. The second-order valence-electron chi connectivity index (χ2n) is 11.3. The van der Waals surface area contributed by atoms with Crippen molar-refractivity contribution < 1.29 is 50.5 Å². The van der Waals surface area contributed by atoms with Gasteiger partial charge in [-0.25, -0.2) is 4.79 Å². The largest absolute Gasteiger partial charge is 0.507 e. The molecule has 0 radical (unpaired) electrons. The Morgan fingerprint density at radius 3 is 1.17 bits per heavy atom. The monoisotopic (exact) mass is 742 g/mol. The molecule has 15 nitrogen and oxygen atoms in total. The van der Waals surface area contributed by atoms with Crippen LogP contribution in [0.4, 0.5) is 27.5 Å². The van der Waals surface area contributed by atoms with Crippen LogP contribution in [0.2, 0.25) is 0 Å². The van der Waals surface area contributed by atoms with Gasteiger partial charge in [0, 0.05) is 67.6 Å². The Hall–Kier alpha value is -6.53. The van der Waals surface area contributed by atoms with E-state index in [-0.39, 0.29) is 44.0 Å². The standard InChI is InChI=1S/C35H26N4O11S2/c40-31-17-23(51(45,46)47)15-27-25(31)3-1-5-29(27)38-33(42)19-7-11-21(12-8-19)36-35(44)37-22-13-9-20(10-14-22)34(43)39-30-6-2-4-26-28(30)16-24(18-32(26)41)52(48,49)50/h1-18,40-41H,(H,38,42)(H,39,43)(H2,36,37,44)(H,45,46,47)(H,48,49,50). The van der Waals surface area contributed by atoms with Gasteiger partial charge in [-0.15, -0.1) is 0 Å². The number of anilines is 4. The molecule has 52 heavy (non-hydrogen) atoms. The highest BCUT2D eigenvalue weighted by Crippen LogP contribution is 2.35. The minimum Gasteiger partial charge on any atom is -0.507 e. The number of urea groups is 1. The Kier molecular flexibility index (Phi) is 9.26. The number of phenols is 2. The summed E-state index contributed by atoms with van der Waals surface area (Å²) in [5, 5.41) is 31.9. The number of nitrogens with one attached hydrogen (secondary N) is 4. The van der Waals surface area contributed by atoms with Crippen LogP contribution in [0.3, 0.4) is 0 Å². The molecule has 6 rings (SSSR count). The molecule has 0 aliphatic heterocycles. The number of aromatic hydroxyl groups is 2. The second kappa shape index (κ2) is 13.6. The quantitative estimate of drug-likeness (QED) is 0.0834. The number of fused-ring (bicyclic) bond motifs is 2. The molecule has 0 aliphatic carbocycles. The molecule has 0 atom stereocenters. The lowest BCUT2D eigenvalue weighted by atomic mass is 10.1. The molecule has 8 N–H and O–H groups in total. The van der Waals surface area contributed by atoms with E-state index >= 15 is 0 Å². The molecule has 0 unspecified atom stereocenters. The van der Waals surface area contributed by atoms with Crippen molar-refractivity contribution in [2.75, 3.05) is 21.3 Å². The molecule has 0 bridgehead atoms. The van der Waals surface area contributed by atoms with Gasteiger partial charge in [-0.3, -0.25) is 18.7 Å². The van der Waals surface area contributed by atoms with Gasteiger partial charge >= 0.3 is 6.03 Å². The van der Waals surface area contributed by atoms with E-state index < -0.39 is 59.4 Å². The lowest BCUT2D eigenvalue weighted by Gasteiger charge is -2.12. The normalized spacial score (nSPS) is 11.6. The van der Waals surface area contributed by atoms with E-state index in [2.05, 4.69) is 21.3 Å². The Labute approximate surface area is 295 Å². The van der Waals surface area contributed by atoms with Gasteiger partial charge in [0.15, 0.2) is 0 Å². The average molecular weight is 743 g/mol. The highest BCUT2D eigenvalue weighted by Gasteiger charge is 2.18. The second-order valence-corrected chi connectivity index (χ2v) is 14.1. The van der Waals surface area contributed by atoms with Crippen LogP contribution in [0.1, 0.15) is 20.7 Å². The predicted molar refractivity (Wildman–Crippen MR) is 192 cm³/mol. The van der Waals surface area contributed by atoms with E-state index in [4.69, 9.17) is 0 Å². The molecule has 0 fully saturated rings. The summed E-state index contributed by atoms with van der Waals surface area (Å²) in [5.41, 5.74) is 1.39. The zero-order valence-corrected chi connectivity index (χ0v) is 28.0. The molecule has 264 valence electrons. The van der Waals surface area contributed by atoms with Crippen LogP contribution < -0.4 is 21.3 Å². The highest BCUT2D eigenvalue weighted by atomic mass is 32.2. The third-order valence-electron chi connectivity index (χ3n) is 7.80. The number of hydrogen-bond donors (Lipinski definition) is 8. The Morgan fingerprint density at radius 2 is 0.827 bits per heavy atom. The molecule has 0 spiro atoms. The van der Waals surface area contributed by atoms with Gasteiger partial charge in [-0.05, 0) is 72.8 Å². The molecule has 4 amide bonds. The van der Waals surface area contributed by atoms with Gasteiger partial charge in [0.05, 0.1) is 9.79 Å². The average Bonchev–Trinajstić information content (AvgIpc) is 3.08. The third kappa shape index (κ3) is 7.62. The SMILES string of the molecule is O=C(Nc1ccc(C(=O)Nc2cccc3c(O)cc(S(=O)(=O)O)cc23)cc1)Nc1ccc(C(=O)Nc2cccc3c(O)cc(S(=O)(=O)O)cc23)cc1. The van der Waals surface area contributed by atoms with Crippen LogP contribution in [0, 0.1) is 0 Å². The Morgan fingerprint density at radius 1 is 0.462 bits per heavy atom. The van der Waals surface area contributed by atoms with Crippen LogP contribution in [0.15, 0.2) is 119 Å². The summed E-state index contributed by atoms with van der Waals surface area (Å²) in [4.78, 5) is 37.5. The highest BCUT2D eigenvalue weighted by molar-refractivity contribution is 7.86. The van der Waals surface area contributed by atoms with E-state index in [1.165, 1.54) is 72.8 Å². The van der Waals surface area contributed by atoms with Crippen molar-refractivity contribution in [1.29, 1.82) is 0 Å². The van der Waals surface area contributed by atoms with Crippen LogP contribution in [-0.4, -0.2) is 54.0 Å². The molecule has 6 aromatic rings. The number of benzene rings is 6. The van der Waals surface area contributed by atoms with Gasteiger partial charge < -0.3 is 31.5 Å². The number of phenolic OH excluding ortho intramolecular Hbond substituents is 2. The molecule has 6 aromatic carbocycles. The first-order valence-corrected chi connectivity index (χ1v) is 17.8. The maximum absolute atomic E-state index is 13.0. The number of rotatable bonds is 8. The predicted octanol–water partition coefficient (Wildman–Crippen LogP) is 6.05. The first-order chi connectivity index (χ1) is 24.6. The van der Waals surface area contributed by atoms with Crippen molar-refractivity contribution >= 4 is 82.4 Å². The lowest BCUT2D eigenvalue weighted by Crippen LogP contribution is -2.20. The minimum absolute atomic E-state index is 0.176. The van der Waals surface area contributed by atoms with Crippen molar-refractivity contribution in [3.8, 4) is 11.5 Å². The van der Waals surface area contributed by atoms with Crippen molar-refractivity contribution in [3.05, 3.63) is 120 Å². The van der Waals surface area contributed by atoms with E-state index in [1.807, 2.05) is 0 Å². The number of carbonyl (C=O) groups is 3. The van der Waals surface area contributed by atoms with Crippen LogP contribution in [0.25, 0.3) is 21.5 Å². The first-order valence-electron chi connectivity index (χ1n) is 14.9. The van der Waals surface area contributed by atoms with Crippen molar-refractivity contribution in [2.24, 2.45) is 0 Å². The summed E-state index contributed by atoms with van der Waals surface area (Å²) in [6, 6.07) is 24.2. The van der Waals surface area contributed by atoms with Gasteiger partial charge in [-0.1, -0.05) is 24.3 Å². The Bertz CT molecular complexity index is 2460. The summed E-state index contributed by atoms with van der Waals surface area (Å²) in [6.45, 7) is 0. The summed E-state index contributed by atoms with van der Waals surface area (Å²) in [5.74, 6) is -1.97. The van der Waals surface area contributed by atoms with E-state index in [1.54, 1.807) is 12.1 Å². The van der Waals surface area contributed by atoms with Crippen molar-refractivity contribution in [1.82, 2.24) is 0 Å². The molecule has 0 aliphatic rings. The van der Waals surface area contributed by atoms with E-state index in [0.717, 1.165) is 24.3 Å². The van der Waals surface area contributed by atoms with E-state index in [0.29, 0.717) is 11.4 Å². The van der Waals surface area contributed by atoms with Gasteiger partial charge in [0.25, 0.3) is 32.1 Å².